The van der Waals surface area contributed by atoms with Crippen molar-refractivity contribution < 1.29 is 46.7 Å². The van der Waals surface area contributed by atoms with Crippen molar-refractivity contribution in [2.45, 2.75) is 38.1 Å². The number of hydrogen-bond donors (Lipinski definition) is 2. The van der Waals surface area contributed by atoms with Crippen molar-refractivity contribution in [2.24, 2.45) is 5.14 Å². The molecular weight excluding hydrogens is 498 g/mol. The Hall–Kier alpha value is -2.90. The molecule has 1 aromatic heterocycles. The minimum Gasteiger partial charge on any atom is -0.319 e. The van der Waals surface area contributed by atoms with Crippen LogP contribution >= 0.6 is 0 Å². The molecule has 1 amide bonds. The predicted molar refractivity (Wildman–Crippen MR) is 117 cm³/mol. The van der Waals surface area contributed by atoms with Gasteiger partial charge in [-0.15, -0.1) is 10.2 Å². The van der Waals surface area contributed by atoms with E-state index in [1.807, 2.05) is 36.6 Å². The molecule has 0 unspecified atom stereocenters. The van der Waals surface area contributed by atoms with Crippen LogP contribution in [0.25, 0.3) is 11.1 Å². The van der Waals surface area contributed by atoms with Crippen molar-refractivity contribution >= 4 is 21.6 Å². The molecule has 0 saturated heterocycles. The predicted octanol–water partition coefficient (Wildman–Crippen LogP) is -1.70. The molecule has 0 aliphatic rings. The molecule has 3 N–H and O–H groups in total. The fraction of sp³-hybridized carbons (Fsp3) is 0.217. The Morgan fingerprint density at radius 3 is 1.86 bits per heavy atom. The molecule has 0 saturated carbocycles. The van der Waals surface area contributed by atoms with E-state index in [1.165, 1.54) is 12.1 Å². The number of hydrogen-bond acceptors (Lipinski definition) is 7. The van der Waals surface area contributed by atoms with Gasteiger partial charge in [-0.25, -0.2) is 32.2 Å². The summed E-state index contributed by atoms with van der Waals surface area (Å²) in [5.74, 6) is -0.312. The molecule has 0 atom stereocenters. The Morgan fingerprint density at radius 1 is 0.886 bits per heavy atom. The Morgan fingerprint density at radius 2 is 1.37 bits per heavy atom. The summed E-state index contributed by atoms with van der Waals surface area (Å²) >= 11 is 0. The molecule has 0 aliphatic carbocycles. The standard InChI is InChI=1S/C23H25N3O3S.ClHO4/c1-3-19-14-18(17-10-6-5-7-11-17)15-20(4-2)26(19)16-23(27)25-21-12-8-9-13-22(21)30(24,28)29;2-1(3,4)5/h5-15H,3-4,16H2,1-2H3,(H2-,24,25,27,28,29);(H,2,3,4,5). The lowest BCUT2D eigenvalue weighted by molar-refractivity contribution is -2.00. The van der Waals surface area contributed by atoms with Crippen LogP contribution in [-0.4, -0.2) is 14.3 Å². The number of amides is 1. The molecule has 0 radical (unpaired) electrons. The molecule has 3 rings (SSSR count). The topological polar surface area (TPSA) is 185 Å². The molecule has 2 aromatic carbocycles. The first kappa shape index (κ1) is 28.3. The number of nitrogens with zero attached hydrogens (tertiary/aromatic N) is 1. The number of nitrogens with two attached hydrogens (primary N) is 1. The number of benzene rings is 2. The lowest BCUT2D eigenvalue weighted by Gasteiger charge is -2.17. The number of carbonyl (C=O) groups is 1. The van der Waals surface area contributed by atoms with E-state index in [0.717, 1.165) is 35.4 Å². The third-order valence-electron chi connectivity index (χ3n) is 4.94. The molecule has 0 bridgehead atoms. The highest BCUT2D eigenvalue weighted by molar-refractivity contribution is 7.89. The van der Waals surface area contributed by atoms with Gasteiger partial charge >= 0.3 is 0 Å². The fourth-order valence-electron chi connectivity index (χ4n) is 3.48. The van der Waals surface area contributed by atoms with Crippen LogP contribution in [0, 0.1) is 10.2 Å². The van der Waals surface area contributed by atoms with Crippen molar-refractivity contribution in [3.8, 4) is 11.1 Å². The van der Waals surface area contributed by atoms with Crippen molar-refractivity contribution in [3.63, 3.8) is 0 Å². The Labute approximate surface area is 206 Å². The van der Waals surface area contributed by atoms with Gasteiger partial charge in [-0.05, 0) is 23.3 Å². The van der Waals surface area contributed by atoms with Crippen LogP contribution in [0.5, 0.6) is 0 Å². The van der Waals surface area contributed by atoms with Gasteiger partial charge < -0.3 is 5.32 Å². The third-order valence-corrected chi connectivity index (χ3v) is 5.91. The second-order valence-corrected chi connectivity index (χ2v) is 9.64. The molecular formula is C23H26ClN3O7S. The lowest BCUT2D eigenvalue weighted by atomic mass is 10.0. The average Bonchev–Trinajstić information content (AvgIpc) is 2.78. The fourth-order valence-corrected chi connectivity index (χ4v) is 4.17. The zero-order valence-corrected chi connectivity index (χ0v) is 20.7. The Balaban J connectivity index is 0.000000784. The van der Waals surface area contributed by atoms with E-state index in [2.05, 4.69) is 29.6 Å². The van der Waals surface area contributed by atoms with Crippen LogP contribution in [0.3, 0.4) is 0 Å². The van der Waals surface area contributed by atoms with E-state index in [4.69, 9.17) is 23.8 Å². The van der Waals surface area contributed by atoms with Crippen molar-refractivity contribution in [1.82, 2.24) is 0 Å². The van der Waals surface area contributed by atoms with Gasteiger partial charge in [-0.3, -0.25) is 4.79 Å². The van der Waals surface area contributed by atoms with Gasteiger partial charge in [0.15, 0.2) is 11.4 Å². The van der Waals surface area contributed by atoms with Crippen molar-refractivity contribution in [2.75, 3.05) is 5.32 Å². The number of rotatable bonds is 7. The van der Waals surface area contributed by atoms with E-state index >= 15 is 0 Å². The highest BCUT2D eigenvalue weighted by atomic mass is 35.7. The minimum absolute atomic E-state index is 0.0837. The quantitative estimate of drug-likeness (QED) is 0.345. The maximum atomic E-state index is 12.8. The number of primary sulfonamides is 1. The normalized spacial score (nSPS) is 11.4. The maximum absolute atomic E-state index is 12.8. The first-order chi connectivity index (χ1) is 16.3. The number of sulfonamides is 1. The number of aryl methyl sites for hydroxylation is 2. The van der Waals surface area contributed by atoms with E-state index in [1.54, 1.807) is 12.1 Å². The number of para-hydroxylation sites is 1. The first-order valence-electron chi connectivity index (χ1n) is 10.5. The zero-order chi connectivity index (χ0) is 26.2. The Bertz CT molecular complexity index is 1230. The molecule has 0 spiro atoms. The van der Waals surface area contributed by atoms with Gasteiger partial charge in [0.1, 0.15) is 4.90 Å². The summed E-state index contributed by atoms with van der Waals surface area (Å²) < 4.78 is 59.5. The number of halogens is 1. The van der Waals surface area contributed by atoms with Gasteiger partial charge in [-0.2, -0.15) is 4.57 Å². The molecule has 1 heterocycles. The third kappa shape index (κ3) is 9.00. The summed E-state index contributed by atoms with van der Waals surface area (Å²) in [7, 11) is -8.88. The zero-order valence-electron chi connectivity index (χ0n) is 19.1. The second-order valence-electron chi connectivity index (χ2n) is 7.35. The van der Waals surface area contributed by atoms with Gasteiger partial charge in [0.05, 0.1) is 5.69 Å². The smallest absolute Gasteiger partial charge is 0.290 e. The van der Waals surface area contributed by atoms with Crippen LogP contribution in [0.4, 0.5) is 5.69 Å². The van der Waals surface area contributed by atoms with Crippen LogP contribution in [0.2, 0.25) is 0 Å². The average molecular weight is 524 g/mol. The van der Waals surface area contributed by atoms with Crippen molar-refractivity contribution in [3.05, 3.63) is 78.1 Å². The summed E-state index contributed by atoms with van der Waals surface area (Å²) in [4.78, 5) is 12.7. The molecule has 35 heavy (non-hydrogen) atoms. The van der Waals surface area contributed by atoms with Crippen molar-refractivity contribution in [1.29, 1.82) is 0 Å². The number of nitrogens with one attached hydrogen (secondary N) is 1. The van der Waals surface area contributed by atoms with Gasteiger partial charge in [0, 0.05) is 25.0 Å². The summed E-state index contributed by atoms with van der Waals surface area (Å²) in [6, 6.07) is 20.4. The van der Waals surface area contributed by atoms with Crippen LogP contribution in [-0.2, 0) is 34.2 Å². The second kappa shape index (κ2) is 12.2. The summed E-state index contributed by atoms with van der Waals surface area (Å²) in [6.45, 7) is 4.18. The maximum Gasteiger partial charge on any atom is 0.290 e. The molecule has 0 fully saturated rings. The molecule has 0 aliphatic heterocycles. The number of anilines is 1. The molecule has 3 aromatic rings. The van der Waals surface area contributed by atoms with Crippen LogP contribution in [0.15, 0.2) is 71.6 Å². The largest absolute Gasteiger partial charge is 0.319 e. The minimum atomic E-state index is -4.94. The molecule has 10 nitrogen and oxygen atoms in total. The molecule has 12 heteroatoms. The van der Waals surface area contributed by atoms with Gasteiger partial charge in [0.25, 0.3) is 5.91 Å². The van der Waals surface area contributed by atoms with E-state index < -0.39 is 20.3 Å². The summed E-state index contributed by atoms with van der Waals surface area (Å²) in [5, 5.41) is 7.96. The highest BCUT2D eigenvalue weighted by Crippen LogP contribution is 2.21. The van der Waals surface area contributed by atoms with Gasteiger partial charge in [0.2, 0.25) is 16.6 Å². The van der Waals surface area contributed by atoms with Crippen LogP contribution in [0.1, 0.15) is 25.2 Å². The number of carbonyl (C=O) groups excluding carboxylic acids is 1. The number of aromatic nitrogens is 1. The number of pyridine rings is 1. The van der Waals surface area contributed by atoms with E-state index in [0.29, 0.717) is 0 Å². The first-order valence-corrected chi connectivity index (χ1v) is 13.3. The lowest BCUT2D eigenvalue weighted by Crippen LogP contribution is -2.68. The highest BCUT2D eigenvalue weighted by Gasteiger charge is 2.22. The molecule has 188 valence electrons. The van der Waals surface area contributed by atoms with Crippen LogP contribution < -0.4 is 33.7 Å². The summed E-state index contributed by atoms with van der Waals surface area (Å²) in [6.07, 6.45) is 1.52. The summed E-state index contributed by atoms with van der Waals surface area (Å²) in [5.41, 5.74) is 4.48. The van der Waals surface area contributed by atoms with Gasteiger partial charge in [-0.1, -0.05) is 56.3 Å². The SMILES string of the molecule is CCc1cc(-c2ccccc2)cc(CC)[n+]1CC(=O)Nc1ccccc1S(N)(=O)=O.[O-][Cl+3]([O-])([O-])[O-]. The van der Waals surface area contributed by atoms with E-state index in [9.17, 15) is 13.2 Å². The van der Waals surface area contributed by atoms with E-state index in [-0.39, 0.29) is 23.0 Å². The Kier molecular flexibility index (Phi) is 9.86. The monoisotopic (exact) mass is 523 g/mol.